The molecule has 0 aliphatic heterocycles. The van der Waals surface area contributed by atoms with Crippen molar-refractivity contribution in [2.45, 2.75) is 33.3 Å². The Morgan fingerprint density at radius 2 is 1.92 bits per heavy atom. The maximum absolute atomic E-state index is 10.2. The van der Waals surface area contributed by atoms with E-state index in [4.69, 9.17) is 16.3 Å². The van der Waals surface area contributed by atoms with Gasteiger partial charge in [0.1, 0.15) is 0 Å². The molecule has 0 spiro atoms. The van der Waals surface area contributed by atoms with Crippen LogP contribution in [0, 0.1) is 5.92 Å². The minimum absolute atomic E-state index is 0.283. The number of guanidine groups is 1. The fraction of sp³-hybridized carbons (Fsp3) is 0.611. The molecule has 1 atom stereocenters. The third-order valence-corrected chi connectivity index (χ3v) is 3.65. The van der Waals surface area contributed by atoms with Crippen LogP contribution in [0.2, 0.25) is 5.02 Å². The number of halogens is 1. The van der Waals surface area contributed by atoms with Gasteiger partial charge in [-0.05, 0) is 37.0 Å². The Bertz CT molecular complexity index is 478. The quantitative estimate of drug-likeness (QED) is 0.343. The Balaban J connectivity index is 2.37. The molecule has 1 aromatic rings. The van der Waals surface area contributed by atoms with Crippen LogP contribution in [-0.2, 0) is 4.74 Å². The molecule has 0 amide bonds. The number of nitrogens with zero attached hydrogens (tertiary/aromatic N) is 1. The van der Waals surface area contributed by atoms with Crippen molar-refractivity contribution in [3.63, 3.8) is 0 Å². The van der Waals surface area contributed by atoms with Gasteiger partial charge < -0.3 is 20.5 Å². The van der Waals surface area contributed by atoms with Crippen molar-refractivity contribution in [2.24, 2.45) is 10.9 Å². The van der Waals surface area contributed by atoms with Gasteiger partial charge in [-0.3, -0.25) is 4.99 Å². The summed E-state index contributed by atoms with van der Waals surface area (Å²) in [5.74, 6) is 1.34. The van der Waals surface area contributed by atoms with Crippen LogP contribution in [0.15, 0.2) is 29.3 Å². The fourth-order valence-electron chi connectivity index (χ4n) is 1.97. The molecule has 1 aromatic carbocycles. The summed E-state index contributed by atoms with van der Waals surface area (Å²) in [6.45, 7) is 9.52. The molecule has 1 unspecified atom stereocenters. The van der Waals surface area contributed by atoms with Gasteiger partial charge in [-0.15, -0.1) is 0 Å². The summed E-state index contributed by atoms with van der Waals surface area (Å²) in [5.41, 5.74) is 0.802. The molecule has 1 rings (SSSR count). The summed E-state index contributed by atoms with van der Waals surface area (Å²) in [5, 5.41) is 17.2. The van der Waals surface area contributed by atoms with Crippen LogP contribution in [-0.4, -0.2) is 43.9 Å². The minimum Gasteiger partial charge on any atom is -0.386 e. The van der Waals surface area contributed by atoms with Gasteiger partial charge in [-0.2, -0.15) is 0 Å². The predicted molar refractivity (Wildman–Crippen MR) is 101 cm³/mol. The van der Waals surface area contributed by atoms with Crippen LogP contribution < -0.4 is 10.6 Å². The normalized spacial score (nSPS) is 13.2. The Labute approximate surface area is 150 Å². The molecule has 0 saturated heterocycles. The van der Waals surface area contributed by atoms with Crippen LogP contribution in [0.4, 0.5) is 0 Å². The summed E-state index contributed by atoms with van der Waals surface area (Å²) >= 11 is 5.85. The lowest BCUT2D eigenvalue weighted by molar-refractivity contribution is 0.128. The van der Waals surface area contributed by atoms with Gasteiger partial charge >= 0.3 is 0 Å². The summed E-state index contributed by atoms with van der Waals surface area (Å²) in [7, 11) is 0. The largest absolute Gasteiger partial charge is 0.386 e. The lowest BCUT2D eigenvalue weighted by Crippen LogP contribution is -2.39. The standard InChI is InChI=1S/C18H30ClN3O2/c1-4-20-18(21-10-12-24-11-9-14(2)3)22-13-17(23)15-5-7-16(19)8-6-15/h5-8,14,17,23H,4,9-13H2,1-3H3,(H2,20,21,22). The Hall–Kier alpha value is -1.30. The summed E-state index contributed by atoms with van der Waals surface area (Å²) in [6.07, 6.45) is 0.418. The van der Waals surface area contributed by atoms with E-state index < -0.39 is 6.10 Å². The van der Waals surface area contributed by atoms with Crippen LogP contribution in [0.5, 0.6) is 0 Å². The fourth-order valence-corrected chi connectivity index (χ4v) is 2.10. The number of hydrogen-bond acceptors (Lipinski definition) is 3. The van der Waals surface area contributed by atoms with Crippen LogP contribution in [0.1, 0.15) is 38.9 Å². The second-order valence-electron chi connectivity index (χ2n) is 6.01. The third-order valence-electron chi connectivity index (χ3n) is 3.40. The van der Waals surface area contributed by atoms with E-state index in [0.717, 1.165) is 25.1 Å². The molecule has 0 bridgehead atoms. The zero-order valence-corrected chi connectivity index (χ0v) is 15.6. The average molecular weight is 356 g/mol. The van der Waals surface area contributed by atoms with Crippen LogP contribution in [0.3, 0.4) is 0 Å². The van der Waals surface area contributed by atoms with Gasteiger partial charge in [-0.25, -0.2) is 0 Å². The minimum atomic E-state index is -0.653. The van der Waals surface area contributed by atoms with E-state index in [9.17, 15) is 5.11 Å². The van der Waals surface area contributed by atoms with E-state index in [1.165, 1.54) is 0 Å². The maximum atomic E-state index is 10.2. The van der Waals surface area contributed by atoms with E-state index in [1.807, 2.05) is 19.1 Å². The van der Waals surface area contributed by atoms with Gasteiger partial charge in [0.05, 0.1) is 19.3 Å². The van der Waals surface area contributed by atoms with Gasteiger partial charge in [0.2, 0.25) is 0 Å². The van der Waals surface area contributed by atoms with Crippen molar-refractivity contribution in [3.05, 3.63) is 34.9 Å². The van der Waals surface area contributed by atoms with Gasteiger partial charge in [0, 0.05) is 24.7 Å². The average Bonchev–Trinajstić information content (AvgIpc) is 2.55. The number of aliphatic hydroxyl groups excluding tert-OH is 1. The molecule has 6 heteroatoms. The molecule has 136 valence electrons. The first-order valence-electron chi connectivity index (χ1n) is 8.56. The third kappa shape index (κ3) is 9.11. The molecular weight excluding hydrogens is 326 g/mol. The number of rotatable bonds is 10. The highest BCUT2D eigenvalue weighted by molar-refractivity contribution is 6.30. The van der Waals surface area contributed by atoms with E-state index >= 15 is 0 Å². The molecule has 0 heterocycles. The van der Waals surface area contributed by atoms with Crippen molar-refractivity contribution >= 4 is 17.6 Å². The molecule has 24 heavy (non-hydrogen) atoms. The zero-order valence-electron chi connectivity index (χ0n) is 14.9. The summed E-state index contributed by atoms with van der Waals surface area (Å²) in [4.78, 5) is 4.41. The van der Waals surface area contributed by atoms with Crippen molar-refractivity contribution in [3.8, 4) is 0 Å². The van der Waals surface area contributed by atoms with Crippen molar-refractivity contribution < 1.29 is 9.84 Å². The monoisotopic (exact) mass is 355 g/mol. The maximum Gasteiger partial charge on any atom is 0.191 e. The van der Waals surface area contributed by atoms with Crippen LogP contribution in [0.25, 0.3) is 0 Å². The first kappa shape index (κ1) is 20.7. The lowest BCUT2D eigenvalue weighted by Gasteiger charge is -2.14. The second kappa shape index (κ2) is 12.1. The molecule has 5 nitrogen and oxygen atoms in total. The molecule has 0 fully saturated rings. The lowest BCUT2D eigenvalue weighted by atomic mass is 10.1. The highest BCUT2D eigenvalue weighted by Gasteiger charge is 2.07. The van der Waals surface area contributed by atoms with Gasteiger partial charge in [0.15, 0.2) is 5.96 Å². The Morgan fingerprint density at radius 1 is 1.21 bits per heavy atom. The number of ether oxygens (including phenoxy) is 1. The molecule has 0 aliphatic rings. The van der Waals surface area contributed by atoms with E-state index in [0.29, 0.717) is 30.1 Å². The van der Waals surface area contributed by atoms with Crippen LogP contribution >= 0.6 is 11.6 Å². The van der Waals surface area contributed by atoms with Crippen molar-refractivity contribution in [1.82, 2.24) is 10.6 Å². The van der Waals surface area contributed by atoms with E-state index in [-0.39, 0.29) is 6.54 Å². The smallest absolute Gasteiger partial charge is 0.191 e. The second-order valence-corrected chi connectivity index (χ2v) is 6.45. The molecule has 0 aromatic heterocycles. The predicted octanol–water partition coefficient (Wildman–Crippen LogP) is 2.99. The Kier molecular flexibility index (Phi) is 10.5. The van der Waals surface area contributed by atoms with E-state index in [2.05, 4.69) is 29.5 Å². The molecule has 3 N–H and O–H groups in total. The number of nitrogens with one attached hydrogen (secondary N) is 2. The highest BCUT2D eigenvalue weighted by atomic mass is 35.5. The van der Waals surface area contributed by atoms with Crippen molar-refractivity contribution in [1.29, 1.82) is 0 Å². The number of benzene rings is 1. The number of hydrogen-bond donors (Lipinski definition) is 3. The SMILES string of the molecule is CCNC(=NCC(O)c1ccc(Cl)cc1)NCCOCCC(C)C. The number of aliphatic hydroxyl groups is 1. The van der Waals surface area contributed by atoms with Crippen molar-refractivity contribution in [2.75, 3.05) is 32.8 Å². The molecule has 0 saturated carbocycles. The molecule has 0 radical (unpaired) electrons. The van der Waals surface area contributed by atoms with E-state index in [1.54, 1.807) is 12.1 Å². The number of aliphatic imine (C=N–C) groups is 1. The van der Waals surface area contributed by atoms with Gasteiger partial charge in [-0.1, -0.05) is 37.6 Å². The first-order chi connectivity index (χ1) is 11.5. The zero-order chi connectivity index (χ0) is 17.8. The first-order valence-corrected chi connectivity index (χ1v) is 8.94. The topological polar surface area (TPSA) is 65.9 Å². The Morgan fingerprint density at radius 3 is 2.54 bits per heavy atom. The highest BCUT2D eigenvalue weighted by Crippen LogP contribution is 2.16. The summed E-state index contributed by atoms with van der Waals surface area (Å²) in [6, 6.07) is 7.15. The summed E-state index contributed by atoms with van der Waals surface area (Å²) < 4.78 is 5.57. The van der Waals surface area contributed by atoms with Gasteiger partial charge in [0.25, 0.3) is 0 Å². The molecule has 0 aliphatic carbocycles. The molecular formula is C18H30ClN3O2.